The SMILES string of the molecule is COc1cc(-c2oc3ccccc3c(=O)c2OC(=O)/C=C/c2ccco2)cc(Br)c1OC. The van der Waals surface area contributed by atoms with E-state index in [0.717, 1.165) is 0 Å². The van der Waals surface area contributed by atoms with Gasteiger partial charge in [0.2, 0.25) is 11.2 Å². The zero-order chi connectivity index (χ0) is 22.7. The fourth-order valence-corrected chi connectivity index (χ4v) is 3.73. The Morgan fingerprint density at radius 3 is 2.56 bits per heavy atom. The van der Waals surface area contributed by atoms with Gasteiger partial charge < -0.3 is 23.0 Å². The van der Waals surface area contributed by atoms with Gasteiger partial charge in [0.1, 0.15) is 11.3 Å². The summed E-state index contributed by atoms with van der Waals surface area (Å²) >= 11 is 3.43. The smallest absolute Gasteiger partial charge is 0.336 e. The third-order valence-electron chi connectivity index (χ3n) is 4.58. The normalized spacial score (nSPS) is 11.1. The van der Waals surface area contributed by atoms with Gasteiger partial charge in [-0.1, -0.05) is 12.1 Å². The molecule has 0 bridgehead atoms. The van der Waals surface area contributed by atoms with Crippen molar-refractivity contribution in [3.8, 4) is 28.6 Å². The summed E-state index contributed by atoms with van der Waals surface area (Å²) in [5.41, 5.74) is 0.326. The van der Waals surface area contributed by atoms with Gasteiger partial charge in [-0.3, -0.25) is 4.79 Å². The standard InChI is InChI=1S/C24H17BrO7/c1-28-19-13-14(12-17(25)23(19)29-2)22-24(21(27)16-7-3-4-8-18(16)31-22)32-20(26)10-9-15-6-5-11-30-15/h3-13H,1-2H3/b10-9+. The number of carbonyl (C=O) groups excluding carboxylic acids is 1. The van der Waals surface area contributed by atoms with Crippen LogP contribution in [0, 0.1) is 0 Å². The summed E-state index contributed by atoms with van der Waals surface area (Å²) in [4.78, 5) is 25.7. The molecule has 2 aromatic carbocycles. The molecule has 0 atom stereocenters. The van der Waals surface area contributed by atoms with Crippen LogP contribution >= 0.6 is 15.9 Å². The van der Waals surface area contributed by atoms with Crippen LogP contribution in [-0.4, -0.2) is 20.2 Å². The minimum absolute atomic E-state index is 0.0788. The van der Waals surface area contributed by atoms with Crippen LogP contribution in [0.15, 0.2) is 79.0 Å². The number of fused-ring (bicyclic) bond motifs is 1. The largest absolute Gasteiger partial charge is 0.493 e. The molecular formula is C24H17BrO7. The number of methoxy groups -OCH3 is 2. The average molecular weight is 497 g/mol. The molecule has 0 saturated heterocycles. The van der Waals surface area contributed by atoms with E-state index >= 15 is 0 Å². The van der Waals surface area contributed by atoms with Gasteiger partial charge in [-0.25, -0.2) is 4.79 Å². The highest BCUT2D eigenvalue weighted by Gasteiger charge is 2.22. The number of hydrogen-bond donors (Lipinski definition) is 0. The van der Waals surface area contributed by atoms with Crippen molar-refractivity contribution in [1.82, 2.24) is 0 Å². The lowest BCUT2D eigenvalue weighted by Crippen LogP contribution is -2.14. The molecule has 4 aromatic rings. The van der Waals surface area contributed by atoms with E-state index in [4.69, 9.17) is 23.0 Å². The molecule has 0 fully saturated rings. The number of esters is 1. The van der Waals surface area contributed by atoms with Crippen molar-refractivity contribution in [1.29, 1.82) is 0 Å². The van der Waals surface area contributed by atoms with Crippen molar-refractivity contribution in [3.05, 3.63) is 81.3 Å². The second-order valence-electron chi connectivity index (χ2n) is 6.55. The van der Waals surface area contributed by atoms with Crippen LogP contribution in [0.3, 0.4) is 0 Å². The van der Waals surface area contributed by atoms with Crippen molar-refractivity contribution < 1.29 is 27.8 Å². The van der Waals surface area contributed by atoms with Crippen LogP contribution in [0.1, 0.15) is 5.76 Å². The highest BCUT2D eigenvalue weighted by atomic mass is 79.9. The first-order chi connectivity index (χ1) is 15.5. The van der Waals surface area contributed by atoms with Gasteiger partial charge in [0.05, 0.1) is 30.3 Å². The number of hydrogen-bond acceptors (Lipinski definition) is 7. The summed E-state index contributed by atoms with van der Waals surface area (Å²) in [6.45, 7) is 0. The Balaban J connectivity index is 1.86. The molecule has 2 heterocycles. The number of ether oxygens (including phenoxy) is 3. The van der Waals surface area contributed by atoms with E-state index in [0.29, 0.717) is 32.9 Å². The van der Waals surface area contributed by atoms with Crippen molar-refractivity contribution in [2.75, 3.05) is 14.2 Å². The van der Waals surface area contributed by atoms with Gasteiger partial charge in [0.15, 0.2) is 17.3 Å². The van der Waals surface area contributed by atoms with Crippen molar-refractivity contribution >= 4 is 38.9 Å². The van der Waals surface area contributed by atoms with E-state index < -0.39 is 11.4 Å². The second kappa shape index (κ2) is 9.15. The predicted octanol–water partition coefficient (Wildman–Crippen LogP) is 5.45. The van der Waals surface area contributed by atoms with E-state index in [-0.39, 0.29) is 16.9 Å². The zero-order valence-electron chi connectivity index (χ0n) is 17.1. The summed E-state index contributed by atoms with van der Waals surface area (Å²) in [5, 5.41) is 0.286. The maximum atomic E-state index is 13.2. The number of furan rings is 1. The van der Waals surface area contributed by atoms with Gasteiger partial charge in [-0.15, -0.1) is 0 Å². The van der Waals surface area contributed by atoms with Crippen LogP contribution in [0.4, 0.5) is 0 Å². The first-order valence-electron chi connectivity index (χ1n) is 9.43. The molecule has 162 valence electrons. The summed E-state index contributed by atoms with van der Waals surface area (Å²) < 4.78 is 27.9. The van der Waals surface area contributed by atoms with Crippen LogP contribution < -0.4 is 19.6 Å². The number of rotatable bonds is 6. The monoisotopic (exact) mass is 496 g/mol. The summed E-state index contributed by atoms with van der Waals surface area (Å²) in [7, 11) is 3.00. The second-order valence-corrected chi connectivity index (χ2v) is 7.40. The Hall–Kier alpha value is -3.78. The molecule has 0 radical (unpaired) electrons. The third kappa shape index (κ3) is 4.17. The van der Waals surface area contributed by atoms with E-state index in [9.17, 15) is 9.59 Å². The summed E-state index contributed by atoms with van der Waals surface area (Å²) in [5.74, 6) is 0.426. The molecule has 0 aliphatic rings. The molecule has 2 aromatic heterocycles. The van der Waals surface area contributed by atoms with Gasteiger partial charge in [-0.05, 0) is 58.4 Å². The van der Waals surface area contributed by atoms with E-state index in [2.05, 4.69) is 15.9 Å². The highest BCUT2D eigenvalue weighted by Crippen LogP contribution is 2.41. The molecule has 8 heteroatoms. The Kier molecular flexibility index (Phi) is 6.13. The maximum Gasteiger partial charge on any atom is 0.336 e. The van der Waals surface area contributed by atoms with E-state index in [1.165, 1.54) is 32.6 Å². The van der Waals surface area contributed by atoms with Gasteiger partial charge in [-0.2, -0.15) is 0 Å². The fraction of sp³-hybridized carbons (Fsp3) is 0.0833. The molecule has 0 unspecified atom stereocenters. The maximum absolute atomic E-state index is 13.2. The summed E-state index contributed by atoms with van der Waals surface area (Å²) in [6, 6.07) is 13.4. The lowest BCUT2D eigenvalue weighted by atomic mass is 10.1. The highest BCUT2D eigenvalue weighted by molar-refractivity contribution is 9.10. The molecule has 4 rings (SSSR count). The van der Waals surface area contributed by atoms with E-state index in [1.807, 2.05) is 0 Å². The predicted molar refractivity (Wildman–Crippen MR) is 122 cm³/mol. The van der Waals surface area contributed by atoms with Crippen molar-refractivity contribution in [2.24, 2.45) is 0 Å². The quantitative estimate of drug-likeness (QED) is 0.259. The zero-order valence-corrected chi connectivity index (χ0v) is 18.7. The molecule has 0 N–H and O–H groups in total. The first-order valence-corrected chi connectivity index (χ1v) is 10.2. The third-order valence-corrected chi connectivity index (χ3v) is 5.17. The van der Waals surface area contributed by atoms with Gasteiger partial charge >= 0.3 is 5.97 Å². The van der Waals surface area contributed by atoms with Gasteiger partial charge in [0.25, 0.3) is 0 Å². The Morgan fingerprint density at radius 2 is 1.84 bits per heavy atom. The average Bonchev–Trinajstić information content (AvgIpc) is 3.32. The van der Waals surface area contributed by atoms with Gasteiger partial charge in [0, 0.05) is 11.6 Å². The van der Waals surface area contributed by atoms with Crippen LogP contribution in [-0.2, 0) is 4.79 Å². The Morgan fingerprint density at radius 1 is 1.03 bits per heavy atom. The molecule has 0 aliphatic carbocycles. The number of carbonyl (C=O) groups is 1. The Labute approximate surface area is 190 Å². The summed E-state index contributed by atoms with van der Waals surface area (Å²) in [6.07, 6.45) is 4.09. The number of para-hydroxylation sites is 1. The molecule has 0 saturated carbocycles. The van der Waals surface area contributed by atoms with Crippen molar-refractivity contribution in [2.45, 2.75) is 0 Å². The Bertz CT molecular complexity index is 1370. The van der Waals surface area contributed by atoms with E-state index in [1.54, 1.807) is 48.5 Å². The minimum Gasteiger partial charge on any atom is -0.493 e. The molecule has 7 nitrogen and oxygen atoms in total. The molecular weight excluding hydrogens is 480 g/mol. The molecule has 32 heavy (non-hydrogen) atoms. The molecule has 0 amide bonds. The topological polar surface area (TPSA) is 88.1 Å². The van der Waals surface area contributed by atoms with Crippen LogP contribution in [0.2, 0.25) is 0 Å². The van der Waals surface area contributed by atoms with Crippen molar-refractivity contribution in [3.63, 3.8) is 0 Å². The van der Waals surface area contributed by atoms with Crippen LogP contribution in [0.5, 0.6) is 17.2 Å². The molecule has 0 spiro atoms. The number of halogens is 1. The van der Waals surface area contributed by atoms with Crippen LogP contribution in [0.25, 0.3) is 28.4 Å². The number of benzene rings is 2. The first kappa shape index (κ1) is 21.5. The fourth-order valence-electron chi connectivity index (χ4n) is 3.13. The lowest BCUT2D eigenvalue weighted by Gasteiger charge is -2.14. The molecule has 0 aliphatic heterocycles. The minimum atomic E-state index is -0.759. The lowest BCUT2D eigenvalue weighted by molar-refractivity contribution is -0.129.